The molecule has 2 aromatic rings. The smallest absolute Gasteiger partial charge is 0.336 e. The van der Waals surface area contributed by atoms with Gasteiger partial charge in [0.1, 0.15) is 0 Å². The molecule has 21 heavy (non-hydrogen) atoms. The summed E-state index contributed by atoms with van der Waals surface area (Å²) in [6.45, 7) is 2.17. The summed E-state index contributed by atoms with van der Waals surface area (Å²) in [6, 6.07) is 4.40. The number of nitrogens with zero attached hydrogens (tertiary/aromatic N) is 1. The summed E-state index contributed by atoms with van der Waals surface area (Å²) >= 11 is 1.51. The van der Waals surface area contributed by atoms with Crippen LogP contribution in [0.5, 0.6) is 0 Å². The zero-order valence-corrected chi connectivity index (χ0v) is 12.2. The van der Waals surface area contributed by atoms with Gasteiger partial charge in [-0.2, -0.15) is 0 Å². The number of aryl methyl sites for hydroxylation is 1. The molecular weight excluding hydrogens is 290 g/mol. The Morgan fingerprint density at radius 3 is 2.86 bits per heavy atom. The van der Waals surface area contributed by atoms with Crippen molar-refractivity contribution in [2.45, 2.75) is 13.3 Å². The number of thiazole rings is 1. The average molecular weight is 305 g/mol. The molecule has 2 rings (SSSR count). The van der Waals surface area contributed by atoms with Crippen LogP contribution in [-0.2, 0) is 6.42 Å². The molecule has 0 aliphatic heterocycles. The fourth-order valence-electron chi connectivity index (χ4n) is 1.77. The van der Waals surface area contributed by atoms with E-state index in [0.717, 1.165) is 5.69 Å². The molecule has 1 aromatic heterocycles. The molecule has 0 unspecified atom stereocenters. The van der Waals surface area contributed by atoms with E-state index >= 15 is 0 Å². The Hall–Kier alpha value is -2.41. The quantitative estimate of drug-likeness (QED) is 0.791. The van der Waals surface area contributed by atoms with Crippen LogP contribution in [0.25, 0.3) is 0 Å². The van der Waals surface area contributed by atoms with Gasteiger partial charge in [-0.3, -0.25) is 0 Å². The number of carbonyl (C=O) groups excluding carboxylic acids is 1. The van der Waals surface area contributed by atoms with Crippen LogP contribution in [0.15, 0.2) is 29.1 Å². The molecule has 0 radical (unpaired) electrons. The molecule has 0 atom stereocenters. The number of aromatic carboxylic acids is 1. The lowest BCUT2D eigenvalue weighted by Crippen LogP contribution is -2.30. The molecule has 110 valence electrons. The number of urea groups is 1. The Kier molecular flexibility index (Phi) is 4.89. The number of hydrogen-bond acceptors (Lipinski definition) is 4. The topological polar surface area (TPSA) is 91.3 Å². The van der Waals surface area contributed by atoms with Gasteiger partial charge in [-0.25, -0.2) is 14.6 Å². The molecule has 6 nitrogen and oxygen atoms in total. The number of anilines is 1. The normalized spacial score (nSPS) is 10.1. The third kappa shape index (κ3) is 4.28. The molecule has 2 amide bonds. The molecule has 3 N–H and O–H groups in total. The van der Waals surface area contributed by atoms with Gasteiger partial charge in [0.2, 0.25) is 0 Å². The van der Waals surface area contributed by atoms with Gasteiger partial charge in [0, 0.05) is 24.0 Å². The van der Waals surface area contributed by atoms with Gasteiger partial charge in [0.25, 0.3) is 0 Å². The van der Waals surface area contributed by atoms with Crippen molar-refractivity contribution >= 4 is 29.0 Å². The summed E-state index contributed by atoms with van der Waals surface area (Å²) in [5, 5.41) is 16.3. The van der Waals surface area contributed by atoms with Crippen LogP contribution < -0.4 is 10.6 Å². The number of carboxylic acid groups (broad SMARTS) is 1. The van der Waals surface area contributed by atoms with Crippen molar-refractivity contribution in [3.8, 4) is 0 Å². The zero-order chi connectivity index (χ0) is 15.2. The van der Waals surface area contributed by atoms with Crippen LogP contribution in [0.2, 0.25) is 0 Å². The van der Waals surface area contributed by atoms with Crippen molar-refractivity contribution in [3.05, 3.63) is 45.9 Å². The first-order chi connectivity index (χ1) is 10.1. The fourth-order valence-corrected chi connectivity index (χ4v) is 2.36. The van der Waals surface area contributed by atoms with Crippen molar-refractivity contribution in [1.82, 2.24) is 10.3 Å². The van der Waals surface area contributed by atoms with Gasteiger partial charge >= 0.3 is 12.0 Å². The number of carboxylic acids is 1. The van der Waals surface area contributed by atoms with E-state index in [4.69, 9.17) is 5.11 Å². The van der Waals surface area contributed by atoms with Gasteiger partial charge in [-0.05, 0) is 24.6 Å². The number of carbonyl (C=O) groups is 2. The first kappa shape index (κ1) is 15.0. The van der Waals surface area contributed by atoms with Crippen LogP contribution >= 0.6 is 11.3 Å². The minimum Gasteiger partial charge on any atom is -0.478 e. The summed E-state index contributed by atoms with van der Waals surface area (Å²) in [4.78, 5) is 26.9. The van der Waals surface area contributed by atoms with Gasteiger partial charge < -0.3 is 15.7 Å². The minimum absolute atomic E-state index is 0.176. The molecule has 1 aromatic carbocycles. The molecule has 0 saturated carbocycles. The maximum absolute atomic E-state index is 11.7. The third-order valence-electron chi connectivity index (χ3n) is 2.88. The maximum atomic E-state index is 11.7. The van der Waals surface area contributed by atoms with E-state index in [1.807, 2.05) is 5.38 Å². The molecule has 0 bridgehead atoms. The summed E-state index contributed by atoms with van der Waals surface area (Å²) in [7, 11) is 0. The largest absolute Gasteiger partial charge is 0.478 e. The van der Waals surface area contributed by atoms with E-state index in [1.165, 1.54) is 17.4 Å². The summed E-state index contributed by atoms with van der Waals surface area (Å²) in [5.41, 5.74) is 3.95. The first-order valence-corrected chi connectivity index (χ1v) is 7.26. The molecule has 0 saturated heterocycles. The molecule has 0 spiro atoms. The van der Waals surface area contributed by atoms with Gasteiger partial charge in [0.05, 0.1) is 16.8 Å². The van der Waals surface area contributed by atoms with E-state index in [2.05, 4.69) is 15.6 Å². The predicted octanol–water partition coefficient (Wildman–Crippen LogP) is 2.51. The highest BCUT2D eigenvalue weighted by Crippen LogP contribution is 2.15. The van der Waals surface area contributed by atoms with Gasteiger partial charge in [-0.15, -0.1) is 11.3 Å². The van der Waals surface area contributed by atoms with E-state index in [1.54, 1.807) is 24.6 Å². The lowest BCUT2D eigenvalue weighted by molar-refractivity contribution is 0.0696. The first-order valence-electron chi connectivity index (χ1n) is 6.32. The second-order valence-electron chi connectivity index (χ2n) is 4.45. The van der Waals surface area contributed by atoms with Crippen molar-refractivity contribution in [1.29, 1.82) is 0 Å². The van der Waals surface area contributed by atoms with E-state index in [9.17, 15) is 9.59 Å². The van der Waals surface area contributed by atoms with E-state index < -0.39 is 5.97 Å². The van der Waals surface area contributed by atoms with Crippen molar-refractivity contribution in [2.75, 3.05) is 11.9 Å². The van der Waals surface area contributed by atoms with Crippen molar-refractivity contribution in [2.24, 2.45) is 0 Å². The number of benzene rings is 1. The lowest BCUT2D eigenvalue weighted by Gasteiger charge is -2.09. The Morgan fingerprint density at radius 1 is 1.38 bits per heavy atom. The minimum atomic E-state index is -1.01. The van der Waals surface area contributed by atoms with Crippen LogP contribution in [0.3, 0.4) is 0 Å². The third-order valence-corrected chi connectivity index (χ3v) is 3.51. The molecule has 7 heteroatoms. The highest BCUT2D eigenvalue weighted by molar-refractivity contribution is 7.07. The number of hydrogen-bond donors (Lipinski definition) is 3. The number of aromatic nitrogens is 1. The Labute approximate surface area is 125 Å². The van der Waals surface area contributed by atoms with Crippen molar-refractivity contribution in [3.63, 3.8) is 0 Å². The number of rotatable bonds is 5. The molecule has 0 aliphatic rings. The molecule has 0 aliphatic carbocycles. The highest BCUT2D eigenvalue weighted by Gasteiger charge is 2.09. The summed E-state index contributed by atoms with van der Waals surface area (Å²) < 4.78 is 0. The summed E-state index contributed by atoms with van der Waals surface area (Å²) in [5.74, 6) is -1.01. The van der Waals surface area contributed by atoms with Gasteiger partial charge in [-0.1, -0.05) is 6.07 Å². The SMILES string of the molecule is Cc1ccc(NC(=O)NCCc2cscn2)cc1C(=O)O. The number of nitrogens with one attached hydrogen (secondary N) is 2. The van der Waals surface area contributed by atoms with Crippen LogP contribution in [0.4, 0.5) is 10.5 Å². The second kappa shape index (κ2) is 6.85. The molecule has 1 heterocycles. The van der Waals surface area contributed by atoms with Crippen LogP contribution in [-0.4, -0.2) is 28.6 Å². The highest BCUT2D eigenvalue weighted by atomic mass is 32.1. The Balaban J connectivity index is 1.87. The number of amides is 2. The fraction of sp³-hybridized carbons (Fsp3) is 0.214. The van der Waals surface area contributed by atoms with E-state index in [0.29, 0.717) is 24.2 Å². The predicted molar refractivity (Wildman–Crippen MR) is 81.0 cm³/mol. The van der Waals surface area contributed by atoms with Crippen molar-refractivity contribution < 1.29 is 14.7 Å². The Bertz CT molecular complexity index is 641. The standard InChI is InChI=1S/C14H15N3O3S/c1-9-2-3-10(6-12(9)13(18)19)17-14(20)15-5-4-11-7-21-8-16-11/h2-3,6-8H,4-5H2,1H3,(H,18,19)(H2,15,17,20). The maximum Gasteiger partial charge on any atom is 0.336 e. The van der Waals surface area contributed by atoms with E-state index in [-0.39, 0.29) is 11.6 Å². The van der Waals surface area contributed by atoms with Gasteiger partial charge in [0.15, 0.2) is 0 Å². The zero-order valence-electron chi connectivity index (χ0n) is 11.4. The monoisotopic (exact) mass is 305 g/mol. The Morgan fingerprint density at radius 2 is 2.19 bits per heavy atom. The lowest BCUT2D eigenvalue weighted by atomic mass is 10.1. The second-order valence-corrected chi connectivity index (χ2v) is 5.16. The average Bonchev–Trinajstić information content (AvgIpc) is 2.94. The van der Waals surface area contributed by atoms with Crippen LogP contribution in [0, 0.1) is 6.92 Å². The summed E-state index contributed by atoms with van der Waals surface area (Å²) in [6.07, 6.45) is 0.658. The molecule has 0 fully saturated rings. The molecular formula is C14H15N3O3S. The van der Waals surface area contributed by atoms with Crippen LogP contribution in [0.1, 0.15) is 21.6 Å².